The Morgan fingerprint density at radius 3 is 2.68 bits per heavy atom. The number of aromatic carboxylic acids is 1. The first kappa shape index (κ1) is 14.0. The Kier molecular flexibility index (Phi) is 4.16. The molecule has 0 aliphatic heterocycles. The average molecular weight is 390 g/mol. The van der Waals surface area contributed by atoms with E-state index in [2.05, 4.69) is 42.2 Å². The van der Waals surface area contributed by atoms with E-state index in [4.69, 9.17) is 5.11 Å². The molecule has 4 nitrogen and oxygen atoms in total. The fourth-order valence-electron chi connectivity index (χ4n) is 1.42. The Labute approximate surface area is 124 Å². The number of nitrogens with one attached hydrogen (secondary N) is 1. The van der Waals surface area contributed by atoms with Crippen LogP contribution in [-0.4, -0.2) is 16.1 Å². The van der Waals surface area contributed by atoms with Crippen LogP contribution in [0.15, 0.2) is 39.4 Å². The molecular weight excluding hydrogens is 383 g/mol. The molecule has 2 rings (SSSR count). The summed E-state index contributed by atoms with van der Waals surface area (Å²) < 4.78 is 14.6. The van der Waals surface area contributed by atoms with Crippen LogP contribution in [0.3, 0.4) is 0 Å². The Morgan fingerprint density at radius 1 is 1.32 bits per heavy atom. The molecule has 0 radical (unpaired) electrons. The van der Waals surface area contributed by atoms with Crippen LogP contribution in [0.5, 0.6) is 0 Å². The molecule has 0 aliphatic rings. The van der Waals surface area contributed by atoms with Crippen molar-refractivity contribution >= 4 is 49.3 Å². The molecule has 19 heavy (non-hydrogen) atoms. The van der Waals surface area contributed by atoms with Gasteiger partial charge in [0.2, 0.25) is 0 Å². The SMILES string of the molecule is O=C(O)c1cc(F)cnc1Nc1ccc(Br)cc1Br. The molecule has 0 fully saturated rings. The van der Waals surface area contributed by atoms with Crippen LogP contribution in [0.25, 0.3) is 0 Å². The molecule has 0 unspecified atom stereocenters. The Morgan fingerprint density at radius 2 is 2.05 bits per heavy atom. The third kappa shape index (κ3) is 3.30. The highest BCUT2D eigenvalue weighted by Crippen LogP contribution is 2.29. The van der Waals surface area contributed by atoms with Gasteiger partial charge in [0.25, 0.3) is 0 Å². The number of hydrogen-bond acceptors (Lipinski definition) is 3. The molecule has 98 valence electrons. The van der Waals surface area contributed by atoms with E-state index in [1.54, 1.807) is 18.2 Å². The molecule has 0 spiro atoms. The third-order valence-electron chi connectivity index (χ3n) is 2.27. The van der Waals surface area contributed by atoms with E-state index >= 15 is 0 Å². The van der Waals surface area contributed by atoms with Crippen molar-refractivity contribution in [3.05, 3.63) is 50.8 Å². The Balaban J connectivity index is 2.40. The van der Waals surface area contributed by atoms with Crippen LogP contribution in [0, 0.1) is 5.82 Å². The van der Waals surface area contributed by atoms with Gasteiger partial charge in [-0.1, -0.05) is 15.9 Å². The van der Waals surface area contributed by atoms with Crippen molar-refractivity contribution in [2.45, 2.75) is 0 Å². The van der Waals surface area contributed by atoms with E-state index < -0.39 is 11.8 Å². The summed E-state index contributed by atoms with van der Waals surface area (Å²) in [6, 6.07) is 6.25. The second-order valence-electron chi connectivity index (χ2n) is 3.60. The number of nitrogens with zero attached hydrogens (tertiary/aromatic N) is 1. The normalized spacial score (nSPS) is 10.3. The van der Waals surface area contributed by atoms with Gasteiger partial charge in [-0.05, 0) is 40.2 Å². The highest BCUT2D eigenvalue weighted by Gasteiger charge is 2.14. The molecule has 1 aromatic carbocycles. The summed E-state index contributed by atoms with van der Waals surface area (Å²) >= 11 is 6.65. The maximum atomic E-state index is 13.0. The Bertz CT molecular complexity index is 650. The molecule has 2 aromatic rings. The van der Waals surface area contributed by atoms with E-state index in [-0.39, 0.29) is 11.4 Å². The minimum Gasteiger partial charge on any atom is -0.478 e. The monoisotopic (exact) mass is 388 g/mol. The quantitative estimate of drug-likeness (QED) is 0.826. The zero-order valence-corrected chi connectivity index (χ0v) is 12.5. The summed E-state index contributed by atoms with van der Waals surface area (Å²) in [6.45, 7) is 0. The van der Waals surface area contributed by atoms with E-state index in [1.165, 1.54) is 0 Å². The van der Waals surface area contributed by atoms with Crippen LogP contribution >= 0.6 is 31.9 Å². The lowest BCUT2D eigenvalue weighted by Crippen LogP contribution is -2.06. The van der Waals surface area contributed by atoms with Gasteiger partial charge in [0.05, 0.1) is 11.9 Å². The Hall–Kier alpha value is -1.47. The summed E-state index contributed by atoms with van der Waals surface area (Å²) in [6.07, 6.45) is 0.960. The minimum atomic E-state index is -1.25. The van der Waals surface area contributed by atoms with Crippen LogP contribution in [0.4, 0.5) is 15.9 Å². The number of hydrogen-bond donors (Lipinski definition) is 2. The first-order valence-electron chi connectivity index (χ1n) is 5.08. The number of pyridine rings is 1. The van der Waals surface area contributed by atoms with Crippen LogP contribution in [0.2, 0.25) is 0 Å². The average Bonchev–Trinajstić information content (AvgIpc) is 2.34. The van der Waals surface area contributed by atoms with Crippen molar-refractivity contribution in [2.24, 2.45) is 0 Å². The largest absolute Gasteiger partial charge is 0.478 e. The highest BCUT2D eigenvalue weighted by atomic mass is 79.9. The molecule has 7 heteroatoms. The van der Waals surface area contributed by atoms with Crippen molar-refractivity contribution in [3.8, 4) is 0 Å². The van der Waals surface area contributed by atoms with Crippen molar-refractivity contribution < 1.29 is 14.3 Å². The van der Waals surface area contributed by atoms with Gasteiger partial charge in [-0.2, -0.15) is 0 Å². The lowest BCUT2D eigenvalue weighted by atomic mass is 10.2. The zero-order chi connectivity index (χ0) is 14.0. The van der Waals surface area contributed by atoms with Crippen LogP contribution in [-0.2, 0) is 0 Å². The first-order valence-corrected chi connectivity index (χ1v) is 6.67. The molecular formula is C12H7Br2FN2O2. The predicted octanol–water partition coefficient (Wildman–Crippen LogP) is 4.19. The van der Waals surface area contributed by atoms with Crippen LogP contribution < -0.4 is 5.32 Å². The number of carbonyl (C=O) groups is 1. The molecule has 1 aromatic heterocycles. The first-order chi connectivity index (χ1) is 8.97. The standard InChI is InChI=1S/C12H7Br2FN2O2/c13-6-1-2-10(9(14)3-6)17-11-8(12(18)19)4-7(15)5-16-11/h1-5H,(H,16,17)(H,18,19). The zero-order valence-electron chi connectivity index (χ0n) is 9.32. The van der Waals surface area contributed by atoms with Gasteiger partial charge < -0.3 is 10.4 Å². The number of rotatable bonds is 3. The number of carboxylic acid groups (broad SMARTS) is 1. The lowest BCUT2D eigenvalue weighted by molar-refractivity contribution is 0.0697. The second-order valence-corrected chi connectivity index (χ2v) is 5.37. The van der Waals surface area contributed by atoms with Gasteiger partial charge in [-0.25, -0.2) is 14.2 Å². The lowest BCUT2D eigenvalue weighted by Gasteiger charge is -2.10. The minimum absolute atomic E-state index is 0.0805. The fraction of sp³-hybridized carbons (Fsp3) is 0. The van der Waals surface area contributed by atoms with Crippen molar-refractivity contribution in [2.75, 3.05) is 5.32 Å². The smallest absolute Gasteiger partial charge is 0.339 e. The van der Waals surface area contributed by atoms with Gasteiger partial charge in [-0.15, -0.1) is 0 Å². The number of carboxylic acids is 1. The molecule has 0 atom stereocenters. The number of anilines is 2. The topological polar surface area (TPSA) is 62.2 Å². The van der Waals surface area contributed by atoms with Gasteiger partial charge in [-0.3, -0.25) is 0 Å². The van der Waals surface area contributed by atoms with Gasteiger partial charge >= 0.3 is 5.97 Å². The number of halogens is 3. The summed E-state index contributed by atoms with van der Waals surface area (Å²) in [5.41, 5.74) is 0.402. The van der Waals surface area contributed by atoms with Crippen LogP contribution in [0.1, 0.15) is 10.4 Å². The molecule has 2 N–H and O–H groups in total. The van der Waals surface area contributed by atoms with E-state index in [1.807, 2.05) is 0 Å². The van der Waals surface area contributed by atoms with Gasteiger partial charge in [0.1, 0.15) is 17.2 Å². The van der Waals surface area contributed by atoms with E-state index in [9.17, 15) is 9.18 Å². The number of aromatic nitrogens is 1. The van der Waals surface area contributed by atoms with E-state index in [0.717, 1.165) is 21.2 Å². The van der Waals surface area contributed by atoms with E-state index in [0.29, 0.717) is 5.69 Å². The van der Waals surface area contributed by atoms with Crippen molar-refractivity contribution in [3.63, 3.8) is 0 Å². The van der Waals surface area contributed by atoms with Gasteiger partial charge in [0.15, 0.2) is 0 Å². The molecule has 0 saturated heterocycles. The number of benzene rings is 1. The summed E-state index contributed by atoms with van der Waals surface area (Å²) in [5, 5.41) is 11.9. The predicted molar refractivity (Wildman–Crippen MR) is 76.3 cm³/mol. The molecule has 0 bridgehead atoms. The maximum Gasteiger partial charge on any atom is 0.339 e. The van der Waals surface area contributed by atoms with Crippen molar-refractivity contribution in [1.29, 1.82) is 0 Å². The van der Waals surface area contributed by atoms with Gasteiger partial charge in [0, 0.05) is 8.95 Å². The molecule has 1 heterocycles. The summed E-state index contributed by atoms with van der Waals surface area (Å²) in [7, 11) is 0. The molecule has 0 amide bonds. The maximum absolute atomic E-state index is 13.0. The second kappa shape index (κ2) is 5.66. The molecule has 0 saturated carbocycles. The summed E-state index contributed by atoms with van der Waals surface area (Å²) in [4.78, 5) is 14.8. The summed E-state index contributed by atoms with van der Waals surface area (Å²) in [5.74, 6) is -1.86. The third-order valence-corrected chi connectivity index (χ3v) is 3.42. The highest BCUT2D eigenvalue weighted by molar-refractivity contribution is 9.11. The molecule has 0 aliphatic carbocycles. The van der Waals surface area contributed by atoms with Crippen molar-refractivity contribution in [1.82, 2.24) is 4.98 Å². The fourth-order valence-corrected chi connectivity index (χ4v) is 2.57.